The number of halogens is 1. The summed E-state index contributed by atoms with van der Waals surface area (Å²) in [5.41, 5.74) is 1.83. The molecule has 1 fully saturated rings. The zero-order valence-electron chi connectivity index (χ0n) is 13.7. The summed E-state index contributed by atoms with van der Waals surface area (Å²) in [6.07, 6.45) is 4.52. The van der Waals surface area contributed by atoms with Crippen molar-refractivity contribution >= 4 is 16.8 Å². The third-order valence-electron chi connectivity index (χ3n) is 4.65. The fourth-order valence-electron chi connectivity index (χ4n) is 3.25. The van der Waals surface area contributed by atoms with E-state index in [1.54, 1.807) is 7.11 Å². The van der Waals surface area contributed by atoms with Gasteiger partial charge in [-0.25, -0.2) is 0 Å². The average molecular weight is 345 g/mol. The molecular weight excluding hydrogens is 324 g/mol. The van der Waals surface area contributed by atoms with Crippen LogP contribution >= 0.6 is 11.6 Å². The number of rotatable bonds is 5. The van der Waals surface area contributed by atoms with Crippen molar-refractivity contribution in [2.75, 3.05) is 7.11 Å². The number of hydrogen-bond donors (Lipinski definition) is 0. The van der Waals surface area contributed by atoms with Crippen molar-refractivity contribution in [2.45, 2.75) is 37.7 Å². The molecular formula is C20H21ClO3. The predicted octanol–water partition coefficient (Wildman–Crippen LogP) is 5.18. The van der Waals surface area contributed by atoms with Crippen molar-refractivity contribution in [3.8, 4) is 11.5 Å². The first-order valence-corrected chi connectivity index (χ1v) is 8.64. The van der Waals surface area contributed by atoms with Gasteiger partial charge in [0.25, 0.3) is 5.24 Å². The van der Waals surface area contributed by atoms with Crippen molar-refractivity contribution in [1.29, 1.82) is 0 Å². The molecule has 0 heterocycles. The van der Waals surface area contributed by atoms with Gasteiger partial charge in [-0.05, 0) is 85.2 Å². The molecule has 24 heavy (non-hydrogen) atoms. The lowest BCUT2D eigenvalue weighted by Gasteiger charge is -2.29. The maximum atomic E-state index is 11.1. The zero-order valence-corrected chi connectivity index (χ0v) is 14.5. The van der Waals surface area contributed by atoms with E-state index in [2.05, 4.69) is 0 Å². The quantitative estimate of drug-likeness (QED) is 0.701. The first-order valence-electron chi connectivity index (χ1n) is 8.26. The normalized spacial score (nSPS) is 20.4. The van der Waals surface area contributed by atoms with Gasteiger partial charge in [-0.15, -0.1) is 0 Å². The van der Waals surface area contributed by atoms with Gasteiger partial charge in [-0.3, -0.25) is 4.79 Å². The van der Waals surface area contributed by atoms with Crippen LogP contribution in [-0.2, 0) is 0 Å². The maximum Gasteiger partial charge on any atom is 0.252 e. The summed E-state index contributed by atoms with van der Waals surface area (Å²) in [5, 5.41) is -0.404. The summed E-state index contributed by atoms with van der Waals surface area (Å²) < 4.78 is 11.2. The number of methoxy groups -OCH3 is 1. The molecule has 0 aliphatic heterocycles. The Morgan fingerprint density at radius 3 is 2.04 bits per heavy atom. The van der Waals surface area contributed by atoms with Crippen LogP contribution < -0.4 is 9.47 Å². The van der Waals surface area contributed by atoms with E-state index >= 15 is 0 Å². The van der Waals surface area contributed by atoms with Crippen LogP contribution in [0.15, 0.2) is 48.5 Å². The fraction of sp³-hybridized carbons (Fsp3) is 0.350. The summed E-state index contributed by atoms with van der Waals surface area (Å²) >= 11 is 5.49. The van der Waals surface area contributed by atoms with E-state index in [-0.39, 0.29) is 6.10 Å². The van der Waals surface area contributed by atoms with E-state index in [0.29, 0.717) is 11.5 Å². The van der Waals surface area contributed by atoms with Crippen LogP contribution in [0.5, 0.6) is 11.5 Å². The number of carbonyl (C=O) groups is 1. The van der Waals surface area contributed by atoms with Gasteiger partial charge >= 0.3 is 0 Å². The van der Waals surface area contributed by atoms with E-state index in [9.17, 15) is 4.79 Å². The van der Waals surface area contributed by atoms with Crippen LogP contribution in [0.4, 0.5) is 0 Å². The molecule has 2 aromatic carbocycles. The van der Waals surface area contributed by atoms with Crippen molar-refractivity contribution in [3.05, 3.63) is 59.7 Å². The Balaban J connectivity index is 1.54. The van der Waals surface area contributed by atoms with Crippen molar-refractivity contribution in [3.63, 3.8) is 0 Å². The molecule has 0 spiro atoms. The summed E-state index contributed by atoms with van der Waals surface area (Å²) in [4.78, 5) is 11.1. The highest BCUT2D eigenvalue weighted by Gasteiger charge is 2.23. The van der Waals surface area contributed by atoms with Crippen LogP contribution in [0.3, 0.4) is 0 Å². The van der Waals surface area contributed by atoms with Crippen LogP contribution in [0.2, 0.25) is 0 Å². The van der Waals surface area contributed by atoms with E-state index in [0.717, 1.165) is 37.2 Å². The van der Waals surface area contributed by atoms with Crippen LogP contribution in [-0.4, -0.2) is 18.5 Å². The molecule has 0 radical (unpaired) electrons. The number of hydrogen-bond acceptors (Lipinski definition) is 3. The molecule has 3 rings (SSSR count). The average Bonchev–Trinajstić information content (AvgIpc) is 2.63. The molecule has 2 aromatic rings. The largest absolute Gasteiger partial charge is 0.497 e. The molecule has 126 valence electrons. The molecule has 4 heteroatoms. The van der Waals surface area contributed by atoms with E-state index in [1.807, 2.05) is 48.5 Å². The van der Waals surface area contributed by atoms with E-state index < -0.39 is 5.24 Å². The third kappa shape index (κ3) is 4.09. The molecule has 1 aliphatic rings. The third-order valence-corrected chi connectivity index (χ3v) is 4.86. The van der Waals surface area contributed by atoms with Crippen LogP contribution in [0.1, 0.15) is 47.5 Å². The highest BCUT2D eigenvalue weighted by atomic mass is 35.5. The maximum absolute atomic E-state index is 11.1. The number of carbonyl (C=O) groups excluding carboxylic acids is 1. The molecule has 0 aromatic heterocycles. The number of ether oxygens (including phenoxy) is 2. The lowest BCUT2D eigenvalue weighted by atomic mass is 9.82. The highest BCUT2D eigenvalue weighted by molar-refractivity contribution is 6.67. The summed E-state index contributed by atoms with van der Waals surface area (Å²) in [6, 6.07) is 15.4. The molecule has 1 saturated carbocycles. The predicted molar refractivity (Wildman–Crippen MR) is 95.2 cm³/mol. The van der Waals surface area contributed by atoms with Crippen molar-refractivity contribution in [1.82, 2.24) is 0 Å². The Bertz CT molecular complexity index is 671. The van der Waals surface area contributed by atoms with Gasteiger partial charge in [0.2, 0.25) is 0 Å². The minimum Gasteiger partial charge on any atom is -0.497 e. The summed E-state index contributed by atoms with van der Waals surface area (Å²) in [5.74, 6) is 2.26. The molecule has 0 unspecified atom stereocenters. The molecule has 0 atom stereocenters. The molecule has 0 amide bonds. The Hall–Kier alpha value is -2.00. The lowest BCUT2D eigenvalue weighted by Crippen LogP contribution is -2.23. The van der Waals surface area contributed by atoms with Gasteiger partial charge < -0.3 is 9.47 Å². The second kappa shape index (κ2) is 7.71. The fourth-order valence-corrected chi connectivity index (χ4v) is 3.37. The van der Waals surface area contributed by atoms with Crippen LogP contribution in [0, 0.1) is 0 Å². The van der Waals surface area contributed by atoms with E-state index in [1.165, 1.54) is 5.56 Å². The molecule has 1 aliphatic carbocycles. The SMILES string of the molecule is COc1ccc(O[C@H]2CC[C@H](c3ccc(C(=O)Cl)cc3)CC2)cc1. The Labute approximate surface area is 147 Å². The second-order valence-electron chi connectivity index (χ2n) is 6.16. The van der Waals surface area contributed by atoms with E-state index in [4.69, 9.17) is 21.1 Å². The first-order chi connectivity index (χ1) is 11.7. The summed E-state index contributed by atoms with van der Waals surface area (Å²) in [6.45, 7) is 0. The minimum absolute atomic E-state index is 0.262. The van der Waals surface area contributed by atoms with Gasteiger partial charge in [-0.1, -0.05) is 12.1 Å². The van der Waals surface area contributed by atoms with Gasteiger partial charge in [0.15, 0.2) is 0 Å². The van der Waals surface area contributed by atoms with Crippen molar-refractivity contribution < 1.29 is 14.3 Å². The highest BCUT2D eigenvalue weighted by Crippen LogP contribution is 2.35. The Morgan fingerprint density at radius 2 is 1.50 bits per heavy atom. The Kier molecular flexibility index (Phi) is 5.41. The van der Waals surface area contributed by atoms with Gasteiger partial charge in [0, 0.05) is 5.56 Å². The summed E-state index contributed by atoms with van der Waals surface area (Å²) in [7, 11) is 1.66. The lowest BCUT2D eigenvalue weighted by molar-refractivity contribution is 0.108. The van der Waals surface area contributed by atoms with Gasteiger partial charge in [0.1, 0.15) is 11.5 Å². The molecule has 0 N–H and O–H groups in total. The second-order valence-corrected chi connectivity index (χ2v) is 6.51. The zero-order chi connectivity index (χ0) is 16.9. The first kappa shape index (κ1) is 16.8. The standard InChI is InChI=1S/C20H21ClO3/c1-23-17-10-12-19(13-11-17)24-18-8-6-15(7-9-18)14-2-4-16(5-3-14)20(21)22/h2-5,10-13,15,18H,6-9H2,1H3/t15-,18-. The van der Waals surface area contributed by atoms with Crippen molar-refractivity contribution in [2.24, 2.45) is 0 Å². The van der Waals surface area contributed by atoms with Gasteiger partial charge in [-0.2, -0.15) is 0 Å². The molecule has 0 saturated heterocycles. The molecule has 3 nitrogen and oxygen atoms in total. The number of benzene rings is 2. The van der Waals surface area contributed by atoms with Gasteiger partial charge in [0.05, 0.1) is 13.2 Å². The van der Waals surface area contributed by atoms with Crippen LogP contribution in [0.25, 0.3) is 0 Å². The molecule has 0 bridgehead atoms. The smallest absolute Gasteiger partial charge is 0.252 e. The minimum atomic E-state index is -0.404. The Morgan fingerprint density at radius 1 is 0.917 bits per heavy atom. The monoisotopic (exact) mass is 344 g/mol. The topological polar surface area (TPSA) is 35.5 Å².